The first kappa shape index (κ1) is 15.6. The lowest BCUT2D eigenvalue weighted by Crippen LogP contribution is -2.30. The number of nitrogens with one attached hydrogen (secondary N) is 1. The van der Waals surface area contributed by atoms with Crippen LogP contribution < -0.4 is 10.1 Å². The van der Waals surface area contributed by atoms with Gasteiger partial charge >= 0.3 is 0 Å². The second kappa shape index (κ2) is 7.28. The van der Waals surface area contributed by atoms with Crippen LogP contribution in [-0.4, -0.2) is 12.0 Å². The van der Waals surface area contributed by atoms with E-state index in [1.807, 2.05) is 30.3 Å². The number of hydrogen-bond acceptors (Lipinski definition) is 3. The maximum absolute atomic E-state index is 12.2. The lowest BCUT2D eigenvalue weighted by Gasteiger charge is -2.15. The molecule has 0 aliphatic rings. The number of aryl methyl sites for hydroxylation is 1. The van der Waals surface area contributed by atoms with Gasteiger partial charge in [0.2, 0.25) is 0 Å². The highest BCUT2D eigenvalue weighted by atomic mass is 16.5. The van der Waals surface area contributed by atoms with Gasteiger partial charge in [0.25, 0.3) is 5.91 Å². The largest absolute Gasteiger partial charge is 0.481 e. The second-order valence-electron chi connectivity index (χ2n) is 4.94. The van der Waals surface area contributed by atoms with Crippen molar-refractivity contribution >= 4 is 11.6 Å². The molecule has 0 aliphatic heterocycles. The van der Waals surface area contributed by atoms with Gasteiger partial charge in [0.1, 0.15) is 5.75 Å². The first-order valence-electron chi connectivity index (χ1n) is 7.19. The average Bonchev–Trinajstić information content (AvgIpc) is 2.55. The molecule has 1 N–H and O–H groups in total. The van der Waals surface area contributed by atoms with E-state index in [2.05, 4.69) is 12.2 Å². The summed E-state index contributed by atoms with van der Waals surface area (Å²) >= 11 is 0. The smallest absolute Gasteiger partial charge is 0.265 e. The number of rotatable bonds is 5. The summed E-state index contributed by atoms with van der Waals surface area (Å²) < 4.78 is 5.58. The zero-order chi connectivity index (χ0) is 15.9. The monoisotopic (exact) mass is 294 g/mol. The van der Waals surface area contributed by atoms with E-state index in [1.165, 1.54) is 5.56 Å². The van der Waals surface area contributed by atoms with Crippen molar-refractivity contribution in [1.29, 1.82) is 5.26 Å². The normalized spacial score (nSPS) is 11.3. The van der Waals surface area contributed by atoms with Crippen LogP contribution in [0, 0.1) is 11.3 Å². The van der Waals surface area contributed by atoms with Crippen molar-refractivity contribution in [3.63, 3.8) is 0 Å². The minimum absolute atomic E-state index is 0.211. The first-order valence-corrected chi connectivity index (χ1v) is 7.19. The number of carbonyl (C=O) groups excluding carboxylic acids is 1. The molecule has 0 aromatic heterocycles. The Hall–Kier alpha value is -2.80. The molecule has 0 unspecified atom stereocenters. The molecule has 4 nitrogen and oxygen atoms in total. The van der Waals surface area contributed by atoms with Crippen LogP contribution in [0.25, 0.3) is 0 Å². The number of anilines is 1. The number of ether oxygens (including phenoxy) is 1. The van der Waals surface area contributed by atoms with Gasteiger partial charge in [-0.2, -0.15) is 5.26 Å². The van der Waals surface area contributed by atoms with Gasteiger partial charge in [0.15, 0.2) is 6.10 Å². The highest BCUT2D eigenvalue weighted by Crippen LogP contribution is 2.15. The SMILES string of the molecule is CCc1cccc(NC(=O)[C@H](C)Oc2ccc(C#N)cc2)c1. The minimum atomic E-state index is -0.627. The van der Waals surface area contributed by atoms with Crippen LogP contribution in [-0.2, 0) is 11.2 Å². The Labute approximate surface area is 130 Å². The Balaban J connectivity index is 1.97. The Kier molecular flexibility index (Phi) is 5.16. The molecule has 0 bridgehead atoms. The van der Waals surface area contributed by atoms with E-state index >= 15 is 0 Å². The van der Waals surface area contributed by atoms with Crippen molar-refractivity contribution in [3.8, 4) is 11.8 Å². The van der Waals surface area contributed by atoms with Crippen LogP contribution >= 0.6 is 0 Å². The molecule has 2 aromatic rings. The number of carbonyl (C=O) groups is 1. The fourth-order valence-electron chi connectivity index (χ4n) is 1.98. The quantitative estimate of drug-likeness (QED) is 0.917. The molecule has 0 saturated carbocycles. The molecule has 22 heavy (non-hydrogen) atoms. The Bertz CT molecular complexity index is 687. The maximum atomic E-state index is 12.2. The van der Waals surface area contributed by atoms with Gasteiger partial charge < -0.3 is 10.1 Å². The Morgan fingerprint density at radius 1 is 1.27 bits per heavy atom. The zero-order valence-electron chi connectivity index (χ0n) is 12.7. The topological polar surface area (TPSA) is 62.1 Å². The molecule has 0 spiro atoms. The van der Waals surface area contributed by atoms with Crippen molar-refractivity contribution in [3.05, 3.63) is 59.7 Å². The number of nitriles is 1. The van der Waals surface area contributed by atoms with E-state index in [-0.39, 0.29) is 5.91 Å². The molecule has 112 valence electrons. The van der Waals surface area contributed by atoms with E-state index < -0.39 is 6.10 Å². The number of benzene rings is 2. The fraction of sp³-hybridized carbons (Fsp3) is 0.222. The van der Waals surface area contributed by atoms with Crippen LogP contribution in [0.1, 0.15) is 25.0 Å². The van der Waals surface area contributed by atoms with Gasteiger partial charge in [-0.25, -0.2) is 0 Å². The van der Waals surface area contributed by atoms with Crippen LogP contribution in [0.5, 0.6) is 5.75 Å². The summed E-state index contributed by atoms with van der Waals surface area (Å²) in [6.07, 6.45) is 0.291. The lowest BCUT2D eigenvalue weighted by molar-refractivity contribution is -0.122. The van der Waals surface area contributed by atoms with Gasteiger partial charge in [-0.1, -0.05) is 19.1 Å². The van der Waals surface area contributed by atoms with E-state index in [0.29, 0.717) is 11.3 Å². The van der Waals surface area contributed by atoms with Crippen LogP contribution in [0.2, 0.25) is 0 Å². The predicted octanol–water partition coefficient (Wildman–Crippen LogP) is 3.53. The van der Waals surface area contributed by atoms with Crippen molar-refractivity contribution in [2.24, 2.45) is 0 Å². The summed E-state index contributed by atoms with van der Waals surface area (Å²) in [5.74, 6) is 0.349. The van der Waals surface area contributed by atoms with E-state index in [9.17, 15) is 4.79 Å². The molecule has 2 rings (SSSR count). The van der Waals surface area contributed by atoms with Gasteiger partial charge in [0, 0.05) is 5.69 Å². The lowest BCUT2D eigenvalue weighted by atomic mass is 10.1. The highest BCUT2D eigenvalue weighted by Gasteiger charge is 2.15. The van der Waals surface area contributed by atoms with Crippen LogP contribution in [0.3, 0.4) is 0 Å². The van der Waals surface area contributed by atoms with Gasteiger partial charge in [-0.3, -0.25) is 4.79 Å². The Morgan fingerprint density at radius 2 is 2.00 bits per heavy atom. The van der Waals surface area contributed by atoms with Crippen LogP contribution in [0.15, 0.2) is 48.5 Å². The molecular weight excluding hydrogens is 276 g/mol. The van der Waals surface area contributed by atoms with Crippen molar-refractivity contribution < 1.29 is 9.53 Å². The summed E-state index contributed by atoms with van der Waals surface area (Å²) in [5.41, 5.74) is 2.49. The van der Waals surface area contributed by atoms with Crippen LogP contribution in [0.4, 0.5) is 5.69 Å². The van der Waals surface area contributed by atoms with Gasteiger partial charge in [0.05, 0.1) is 11.6 Å². The average molecular weight is 294 g/mol. The molecule has 4 heteroatoms. The number of nitrogens with zero attached hydrogens (tertiary/aromatic N) is 1. The van der Waals surface area contributed by atoms with Gasteiger partial charge in [-0.15, -0.1) is 0 Å². The standard InChI is InChI=1S/C18H18N2O2/c1-3-14-5-4-6-16(11-14)20-18(21)13(2)22-17-9-7-15(12-19)8-10-17/h4-11,13H,3H2,1-2H3,(H,20,21)/t13-/m0/s1. The minimum Gasteiger partial charge on any atom is -0.481 e. The zero-order valence-corrected chi connectivity index (χ0v) is 12.7. The summed E-state index contributed by atoms with van der Waals surface area (Å²) in [7, 11) is 0. The molecule has 2 aromatic carbocycles. The molecular formula is C18H18N2O2. The fourth-order valence-corrected chi connectivity index (χ4v) is 1.98. The third kappa shape index (κ3) is 4.10. The van der Waals surface area contributed by atoms with Crippen molar-refractivity contribution in [2.45, 2.75) is 26.4 Å². The van der Waals surface area contributed by atoms with E-state index in [1.54, 1.807) is 31.2 Å². The first-order chi connectivity index (χ1) is 10.6. The molecule has 0 saturated heterocycles. The molecule has 0 aliphatic carbocycles. The third-order valence-electron chi connectivity index (χ3n) is 3.27. The third-order valence-corrected chi connectivity index (χ3v) is 3.27. The highest BCUT2D eigenvalue weighted by molar-refractivity contribution is 5.94. The summed E-state index contributed by atoms with van der Waals surface area (Å²) in [6, 6.07) is 16.5. The second-order valence-corrected chi connectivity index (χ2v) is 4.94. The van der Waals surface area contributed by atoms with Crippen molar-refractivity contribution in [1.82, 2.24) is 0 Å². The number of amides is 1. The van der Waals surface area contributed by atoms with Gasteiger partial charge in [-0.05, 0) is 55.3 Å². The molecule has 0 heterocycles. The Morgan fingerprint density at radius 3 is 2.64 bits per heavy atom. The summed E-state index contributed by atoms with van der Waals surface area (Å²) in [6.45, 7) is 3.76. The molecule has 1 atom stereocenters. The van der Waals surface area contributed by atoms with E-state index in [0.717, 1.165) is 12.1 Å². The molecule has 0 fully saturated rings. The summed E-state index contributed by atoms with van der Waals surface area (Å²) in [5, 5.41) is 11.6. The van der Waals surface area contributed by atoms with E-state index in [4.69, 9.17) is 10.00 Å². The summed E-state index contributed by atoms with van der Waals surface area (Å²) in [4.78, 5) is 12.2. The van der Waals surface area contributed by atoms with Crippen molar-refractivity contribution in [2.75, 3.05) is 5.32 Å². The molecule has 0 radical (unpaired) electrons. The predicted molar refractivity (Wildman–Crippen MR) is 85.7 cm³/mol. The maximum Gasteiger partial charge on any atom is 0.265 e. The number of hydrogen-bond donors (Lipinski definition) is 1. The molecule has 1 amide bonds.